The largest absolute Gasteiger partial charge is 0.454 e. The molecule has 23 heavy (non-hydrogen) atoms. The number of ether oxygens (including phenoxy) is 2. The van der Waals surface area contributed by atoms with E-state index in [-0.39, 0.29) is 12.7 Å². The van der Waals surface area contributed by atoms with Crippen LogP contribution in [0, 0.1) is 0 Å². The van der Waals surface area contributed by atoms with E-state index in [1.54, 1.807) is 0 Å². The molecule has 0 bridgehead atoms. The molecule has 1 aromatic carbocycles. The van der Waals surface area contributed by atoms with Crippen LogP contribution in [0.2, 0.25) is 0 Å². The molecule has 1 aliphatic heterocycles. The Kier molecular flexibility index (Phi) is 4.45. The molecule has 2 heterocycles. The summed E-state index contributed by atoms with van der Waals surface area (Å²) in [6.07, 6.45) is 2.57. The molecular formula is C16H21N5O2. The van der Waals surface area contributed by atoms with Crippen molar-refractivity contribution in [2.24, 2.45) is 0 Å². The molecule has 122 valence electrons. The molecule has 3 rings (SSSR count). The lowest BCUT2D eigenvalue weighted by atomic mass is 10.1. The van der Waals surface area contributed by atoms with Gasteiger partial charge in [0, 0.05) is 20.0 Å². The third-order valence-corrected chi connectivity index (χ3v) is 3.70. The summed E-state index contributed by atoms with van der Waals surface area (Å²) in [6.45, 7) is 3.11. The first-order chi connectivity index (χ1) is 11.2. The van der Waals surface area contributed by atoms with E-state index < -0.39 is 0 Å². The molecule has 0 saturated heterocycles. The van der Waals surface area contributed by atoms with Crippen LogP contribution in [-0.4, -0.2) is 35.3 Å². The van der Waals surface area contributed by atoms with E-state index in [9.17, 15) is 0 Å². The third-order valence-electron chi connectivity index (χ3n) is 3.70. The number of para-hydroxylation sites is 1. The van der Waals surface area contributed by atoms with E-state index in [2.05, 4.69) is 21.9 Å². The van der Waals surface area contributed by atoms with Gasteiger partial charge in [-0.3, -0.25) is 0 Å². The highest BCUT2D eigenvalue weighted by molar-refractivity contribution is 5.48. The second kappa shape index (κ2) is 6.68. The Morgan fingerprint density at radius 2 is 2.04 bits per heavy atom. The highest BCUT2D eigenvalue weighted by Crippen LogP contribution is 2.35. The second-order valence-corrected chi connectivity index (χ2v) is 5.48. The van der Waals surface area contributed by atoms with E-state index in [1.165, 1.54) is 0 Å². The zero-order valence-corrected chi connectivity index (χ0v) is 13.5. The minimum Gasteiger partial charge on any atom is -0.454 e. The molecule has 1 aliphatic rings. The van der Waals surface area contributed by atoms with Crippen LogP contribution in [0.4, 0.5) is 11.9 Å². The summed E-state index contributed by atoms with van der Waals surface area (Å²) < 4.78 is 10.9. The smallest absolute Gasteiger partial charge is 0.231 e. The zero-order chi connectivity index (χ0) is 16.2. The summed E-state index contributed by atoms with van der Waals surface area (Å²) in [5.41, 5.74) is 6.90. The molecule has 0 saturated carbocycles. The van der Waals surface area contributed by atoms with Crippen molar-refractivity contribution in [2.75, 3.05) is 31.0 Å². The average Bonchev–Trinajstić information content (AvgIpc) is 3.01. The Morgan fingerprint density at radius 3 is 2.87 bits per heavy atom. The van der Waals surface area contributed by atoms with Gasteiger partial charge in [-0.25, -0.2) is 0 Å². The third kappa shape index (κ3) is 3.44. The molecular weight excluding hydrogens is 294 g/mol. The summed E-state index contributed by atoms with van der Waals surface area (Å²) >= 11 is 0. The number of anilines is 2. The minimum atomic E-state index is 0.266. The summed E-state index contributed by atoms with van der Waals surface area (Å²) in [4.78, 5) is 14.8. The van der Waals surface area contributed by atoms with Gasteiger partial charge >= 0.3 is 0 Å². The first kappa shape index (κ1) is 15.3. The van der Waals surface area contributed by atoms with Gasteiger partial charge in [0.2, 0.25) is 18.7 Å². The van der Waals surface area contributed by atoms with Crippen LogP contribution in [0.1, 0.15) is 24.7 Å². The van der Waals surface area contributed by atoms with Gasteiger partial charge in [0.05, 0.1) is 0 Å². The van der Waals surface area contributed by atoms with E-state index in [4.69, 9.17) is 15.2 Å². The number of likely N-dealkylation sites (N-methyl/N-ethyl adjacent to an activating group) is 1. The Hall–Kier alpha value is -2.57. The van der Waals surface area contributed by atoms with Crippen LogP contribution in [0.3, 0.4) is 0 Å². The Bertz CT molecular complexity index is 692. The number of rotatable bonds is 6. The fourth-order valence-electron chi connectivity index (χ4n) is 2.51. The predicted octanol–water partition coefficient (Wildman–Crippen LogP) is 1.81. The van der Waals surface area contributed by atoms with Crippen LogP contribution < -0.4 is 20.1 Å². The Morgan fingerprint density at radius 1 is 1.17 bits per heavy atom. The van der Waals surface area contributed by atoms with Gasteiger partial charge in [-0.05, 0) is 24.5 Å². The Balaban J connectivity index is 1.70. The van der Waals surface area contributed by atoms with Crippen molar-refractivity contribution >= 4 is 11.9 Å². The Labute approximate surface area is 135 Å². The number of hydrogen-bond donors (Lipinski definition) is 1. The fourth-order valence-corrected chi connectivity index (χ4v) is 2.51. The van der Waals surface area contributed by atoms with Gasteiger partial charge in [-0.1, -0.05) is 19.1 Å². The van der Waals surface area contributed by atoms with Gasteiger partial charge in [-0.2, -0.15) is 15.0 Å². The predicted molar refractivity (Wildman–Crippen MR) is 87.8 cm³/mol. The average molecular weight is 315 g/mol. The molecule has 2 N–H and O–H groups in total. The van der Waals surface area contributed by atoms with Crippen molar-refractivity contribution in [1.82, 2.24) is 15.0 Å². The molecule has 0 unspecified atom stereocenters. The van der Waals surface area contributed by atoms with Crippen LogP contribution in [0.15, 0.2) is 18.2 Å². The van der Waals surface area contributed by atoms with E-state index in [1.807, 2.05) is 30.1 Å². The normalized spacial score (nSPS) is 12.4. The van der Waals surface area contributed by atoms with Crippen molar-refractivity contribution in [3.63, 3.8) is 0 Å². The molecule has 1 aromatic heterocycles. The van der Waals surface area contributed by atoms with Crippen molar-refractivity contribution < 1.29 is 9.47 Å². The minimum absolute atomic E-state index is 0.266. The molecule has 0 aliphatic carbocycles. The first-order valence-corrected chi connectivity index (χ1v) is 7.76. The highest BCUT2D eigenvalue weighted by Gasteiger charge is 2.17. The number of nitrogen functional groups attached to an aromatic ring is 1. The van der Waals surface area contributed by atoms with Gasteiger partial charge < -0.3 is 20.1 Å². The summed E-state index contributed by atoms with van der Waals surface area (Å²) in [5.74, 6) is 3.25. The number of nitrogens with two attached hydrogens (primary N) is 1. The monoisotopic (exact) mass is 315 g/mol. The van der Waals surface area contributed by atoms with Gasteiger partial charge in [-0.15, -0.1) is 0 Å². The second-order valence-electron chi connectivity index (χ2n) is 5.48. The highest BCUT2D eigenvalue weighted by atomic mass is 16.7. The number of nitrogens with zero attached hydrogens (tertiary/aromatic N) is 4. The maximum atomic E-state index is 5.78. The summed E-state index contributed by atoms with van der Waals surface area (Å²) in [7, 11) is 1.95. The van der Waals surface area contributed by atoms with Crippen LogP contribution >= 0.6 is 0 Å². The summed E-state index contributed by atoms with van der Waals surface area (Å²) in [6, 6.07) is 5.94. The number of benzene rings is 1. The quantitative estimate of drug-likeness (QED) is 0.870. The zero-order valence-electron chi connectivity index (χ0n) is 13.5. The summed E-state index contributed by atoms with van der Waals surface area (Å²) in [5, 5.41) is 0. The lowest BCUT2D eigenvalue weighted by Gasteiger charge is -2.18. The van der Waals surface area contributed by atoms with Crippen LogP contribution in [-0.2, 0) is 12.8 Å². The van der Waals surface area contributed by atoms with Gasteiger partial charge in [0.1, 0.15) is 5.82 Å². The van der Waals surface area contributed by atoms with Gasteiger partial charge in [0.15, 0.2) is 11.5 Å². The maximum Gasteiger partial charge on any atom is 0.231 e. The molecule has 0 spiro atoms. The van der Waals surface area contributed by atoms with Crippen molar-refractivity contribution in [3.05, 3.63) is 29.6 Å². The van der Waals surface area contributed by atoms with Crippen molar-refractivity contribution in [3.8, 4) is 11.5 Å². The molecule has 7 nitrogen and oxygen atoms in total. The standard InChI is InChI=1S/C16H21N5O2/c1-3-5-13-18-15(17)20-16(19-13)21(2)9-8-11-6-4-7-12-14(11)23-10-22-12/h4,6-7H,3,5,8-10H2,1-2H3,(H2,17,18,19,20). The lowest BCUT2D eigenvalue weighted by molar-refractivity contribution is 0.173. The number of hydrogen-bond acceptors (Lipinski definition) is 7. The van der Waals surface area contributed by atoms with E-state index in [0.29, 0.717) is 5.95 Å². The maximum absolute atomic E-state index is 5.78. The SMILES string of the molecule is CCCc1nc(N)nc(N(C)CCc2cccc3c2OCO3)n1. The molecule has 0 fully saturated rings. The number of aryl methyl sites for hydroxylation is 1. The van der Waals surface area contributed by atoms with Crippen LogP contribution in [0.5, 0.6) is 11.5 Å². The number of aromatic nitrogens is 3. The molecule has 0 atom stereocenters. The van der Waals surface area contributed by atoms with Gasteiger partial charge in [0.25, 0.3) is 0 Å². The lowest BCUT2D eigenvalue weighted by Crippen LogP contribution is -2.24. The van der Waals surface area contributed by atoms with E-state index >= 15 is 0 Å². The van der Waals surface area contributed by atoms with Crippen LogP contribution in [0.25, 0.3) is 0 Å². The molecule has 0 radical (unpaired) electrons. The number of fused-ring (bicyclic) bond motifs is 1. The molecule has 0 amide bonds. The first-order valence-electron chi connectivity index (χ1n) is 7.76. The van der Waals surface area contributed by atoms with Crippen molar-refractivity contribution in [2.45, 2.75) is 26.2 Å². The van der Waals surface area contributed by atoms with Crippen molar-refractivity contribution in [1.29, 1.82) is 0 Å². The molecule has 7 heteroatoms. The molecule has 2 aromatic rings. The fraction of sp³-hybridized carbons (Fsp3) is 0.438. The van der Waals surface area contributed by atoms with E-state index in [0.717, 1.165) is 48.7 Å². The topological polar surface area (TPSA) is 86.4 Å².